The largest absolute Gasteiger partial charge is 0.294 e. The number of nitrogens with zero attached hydrogens (tertiary/aromatic N) is 2. The second-order valence-electron chi connectivity index (χ2n) is 5.61. The Hall–Kier alpha value is -3.62. The Balaban J connectivity index is 2.08. The molecule has 0 aliphatic carbocycles. The van der Waals surface area contributed by atoms with Gasteiger partial charge in [0.1, 0.15) is 17.4 Å². The van der Waals surface area contributed by atoms with E-state index in [1.807, 2.05) is 0 Å². The standard InChI is InChI=1S/C20H12F2N2O3S/c21-19-9-14(11-23)1-3-16(19)5-6-18(25)13-28(26,27)8-7-17-4-2-15(12-24)10-20(17)22/h1-10H,13H2/b6-5?,8-7+. The lowest BCUT2D eigenvalue weighted by Gasteiger charge is -1.99. The maximum Gasteiger partial charge on any atom is 0.179 e. The van der Waals surface area contributed by atoms with Gasteiger partial charge in [0.05, 0.1) is 23.3 Å². The molecule has 2 rings (SSSR count). The summed E-state index contributed by atoms with van der Waals surface area (Å²) in [6.45, 7) is 0. The molecule has 0 heterocycles. The van der Waals surface area contributed by atoms with Crippen molar-refractivity contribution in [2.45, 2.75) is 0 Å². The smallest absolute Gasteiger partial charge is 0.179 e. The van der Waals surface area contributed by atoms with Crippen LogP contribution in [0.25, 0.3) is 12.2 Å². The van der Waals surface area contributed by atoms with Crippen LogP contribution in [0.2, 0.25) is 0 Å². The van der Waals surface area contributed by atoms with Crippen molar-refractivity contribution in [1.29, 1.82) is 10.5 Å². The second-order valence-corrected chi connectivity index (χ2v) is 7.49. The van der Waals surface area contributed by atoms with Crippen molar-refractivity contribution in [3.05, 3.63) is 81.8 Å². The molecule has 5 nitrogen and oxygen atoms in total. The first kappa shape index (κ1) is 20.7. The van der Waals surface area contributed by atoms with Crippen LogP contribution in [0.4, 0.5) is 8.78 Å². The Morgan fingerprint density at radius 3 is 1.89 bits per heavy atom. The molecule has 0 fully saturated rings. The summed E-state index contributed by atoms with van der Waals surface area (Å²) in [5.41, 5.74) is 0.182. The molecule has 0 bridgehead atoms. The molecular weight excluding hydrogens is 386 g/mol. The highest BCUT2D eigenvalue weighted by molar-refractivity contribution is 7.95. The van der Waals surface area contributed by atoms with Crippen molar-refractivity contribution in [1.82, 2.24) is 0 Å². The number of nitriles is 2. The monoisotopic (exact) mass is 398 g/mol. The number of halogens is 2. The van der Waals surface area contributed by atoms with E-state index in [2.05, 4.69) is 0 Å². The first-order valence-electron chi connectivity index (χ1n) is 7.75. The topological polar surface area (TPSA) is 98.8 Å². The lowest BCUT2D eigenvalue weighted by molar-refractivity contribution is -0.112. The molecule has 0 radical (unpaired) electrons. The number of allylic oxidation sites excluding steroid dienone is 1. The van der Waals surface area contributed by atoms with E-state index in [0.717, 1.165) is 30.4 Å². The van der Waals surface area contributed by atoms with Gasteiger partial charge in [0.15, 0.2) is 15.6 Å². The van der Waals surface area contributed by atoms with Crippen LogP contribution in [0, 0.1) is 34.3 Å². The van der Waals surface area contributed by atoms with Crippen molar-refractivity contribution in [2.75, 3.05) is 5.75 Å². The van der Waals surface area contributed by atoms with Crippen molar-refractivity contribution < 1.29 is 22.0 Å². The summed E-state index contributed by atoms with van der Waals surface area (Å²) in [7, 11) is -3.99. The molecule has 2 aromatic rings. The van der Waals surface area contributed by atoms with Gasteiger partial charge in [0, 0.05) is 16.5 Å². The fourth-order valence-corrected chi connectivity index (χ4v) is 3.06. The van der Waals surface area contributed by atoms with E-state index < -0.39 is 33.0 Å². The van der Waals surface area contributed by atoms with Gasteiger partial charge < -0.3 is 0 Å². The summed E-state index contributed by atoms with van der Waals surface area (Å²) in [5, 5.41) is 18.1. The van der Waals surface area contributed by atoms with Gasteiger partial charge in [-0.15, -0.1) is 0 Å². The van der Waals surface area contributed by atoms with Crippen molar-refractivity contribution in [3.8, 4) is 12.1 Å². The molecule has 0 atom stereocenters. The van der Waals surface area contributed by atoms with E-state index >= 15 is 0 Å². The summed E-state index contributed by atoms with van der Waals surface area (Å²) in [6.07, 6.45) is 3.01. The minimum absolute atomic E-state index is 0.0277. The number of sulfone groups is 1. The second kappa shape index (κ2) is 8.85. The highest BCUT2D eigenvalue weighted by Gasteiger charge is 2.12. The summed E-state index contributed by atoms with van der Waals surface area (Å²) in [5.74, 6) is -3.17. The zero-order valence-electron chi connectivity index (χ0n) is 14.3. The zero-order valence-corrected chi connectivity index (χ0v) is 15.1. The van der Waals surface area contributed by atoms with Gasteiger partial charge in [-0.05, 0) is 42.5 Å². The van der Waals surface area contributed by atoms with Crippen LogP contribution in [0.3, 0.4) is 0 Å². The van der Waals surface area contributed by atoms with Gasteiger partial charge in [0.2, 0.25) is 0 Å². The lowest BCUT2D eigenvalue weighted by atomic mass is 10.1. The molecule has 0 unspecified atom stereocenters. The Morgan fingerprint density at radius 2 is 1.43 bits per heavy atom. The Morgan fingerprint density at radius 1 is 0.929 bits per heavy atom. The molecule has 2 aromatic carbocycles. The molecular formula is C20H12F2N2O3S. The zero-order chi connectivity index (χ0) is 20.7. The molecule has 28 heavy (non-hydrogen) atoms. The van der Waals surface area contributed by atoms with Crippen LogP contribution in [0.15, 0.2) is 47.9 Å². The van der Waals surface area contributed by atoms with Crippen molar-refractivity contribution in [2.24, 2.45) is 0 Å². The number of hydrogen-bond acceptors (Lipinski definition) is 5. The average molecular weight is 398 g/mol. The minimum atomic E-state index is -3.99. The Kier molecular flexibility index (Phi) is 6.54. The summed E-state index contributed by atoms with van der Waals surface area (Å²) in [6, 6.07) is 10.7. The van der Waals surface area contributed by atoms with Crippen LogP contribution in [-0.2, 0) is 14.6 Å². The summed E-state index contributed by atoms with van der Waals surface area (Å²) >= 11 is 0. The molecule has 0 saturated carbocycles. The third-order valence-corrected chi connectivity index (χ3v) is 4.74. The van der Waals surface area contributed by atoms with Crippen LogP contribution in [0.1, 0.15) is 22.3 Å². The third-order valence-electron chi connectivity index (χ3n) is 3.51. The normalized spacial score (nSPS) is 11.4. The average Bonchev–Trinajstić information content (AvgIpc) is 2.65. The van der Waals surface area contributed by atoms with Gasteiger partial charge in [-0.1, -0.05) is 12.1 Å². The van der Waals surface area contributed by atoms with Crippen LogP contribution in [0.5, 0.6) is 0 Å². The van der Waals surface area contributed by atoms with Crippen molar-refractivity contribution >= 4 is 27.8 Å². The number of rotatable bonds is 6. The molecule has 0 aromatic heterocycles. The SMILES string of the molecule is N#Cc1ccc(C=CC(=O)CS(=O)(=O)/C=C/c2ccc(C#N)cc2F)c(F)c1. The van der Waals surface area contributed by atoms with E-state index in [1.54, 1.807) is 12.1 Å². The van der Waals surface area contributed by atoms with Crippen LogP contribution >= 0.6 is 0 Å². The quantitative estimate of drug-likeness (QED) is 0.695. The molecule has 0 N–H and O–H groups in total. The summed E-state index contributed by atoms with van der Waals surface area (Å²) in [4.78, 5) is 11.8. The molecule has 0 saturated heterocycles. The number of benzene rings is 2. The van der Waals surface area contributed by atoms with Gasteiger partial charge in [-0.2, -0.15) is 10.5 Å². The molecule has 0 spiro atoms. The fourth-order valence-electron chi connectivity index (χ4n) is 2.12. The predicted molar refractivity (Wildman–Crippen MR) is 99.1 cm³/mol. The number of ketones is 1. The first-order valence-corrected chi connectivity index (χ1v) is 9.46. The van der Waals surface area contributed by atoms with Crippen LogP contribution in [-0.4, -0.2) is 20.0 Å². The molecule has 0 aliphatic rings. The van der Waals surface area contributed by atoms with E-state index in [0.29, 0.717) is 5.41 Å². The third kappa shape index (κ3) is 5.70. The van der Waals surface area contributed by atoms with Gasteiger partial charge >= 0.3 is 0 Å². The first-order chi connectivity index (χ1) is 13.2. The minimum Gasteiger partial charge on any atom is -0.294 e. The Bertz CT molecular complexity index is 1170. The number of hydrogen-bond donors (Lipinski definition) is 0. The van der Waals surface area contributed by atoms with Gasteiger partial charge in [-0.3, -0.25) is 4.79 Å². The van der Waals surface area contributed by atoms with Crippen LogP contribution < -0.4 is 0 Å². The highest BCUT2D eigenvalue weighted by Crippen LogP contribution is 2.14. The maximum atomic E-state index is 13.7. The number of carbonyl (C=O) groups is 1. The Labute approximate surface area is 160 Å². The molecule has 140 valence electrons. The van der Waals surface area contributed by atoms with E-state index in [9.17, 15) is 22.0 Å². The highest BCUT2D eigenvalue weighted by atomic mass is 32.2. The molecule has 0 amide bonds. The fraction of sp³-hybridized carbons (Fsp3) is 0.0500. The van der Waals surface area contributed by atoms with Gasteiger partial charge in [-0.25, -0.2) is 17.2 Å². The number of carbonyl (C=O) groups excluding carboxylic acids is 1. The van der Waals surface area contributed by atoms with Crippen molar-refractivity contribution in [3.63, 3.8) is 0 Å². The van der Waals surface area contributed by atoms with E-state index in [4.69, 9.17) is 10.5 Å². The van der Waals surface area contributed by atoms with E-state index in [-0.39, 0.29) is 22.3 Å². The molecule has 8 heteroatoms. The lowest BCUT2D eigenvalue weighted by Crippen LogP contribution is -2.11. The maximum absolute atomic E-state index is 13.7. The predicted octanol–water partition coefficient (Wildman–Crippen LogP) is 3.38. The summed E-state index contributed by atoms with van der Waals surface area (Å²) < 4.78 is 51.4. The molecule has 0 aliphatic heterocycles. The van der Waals surface area contributed by atoms with E-state index in [1.165, 1.54) is 24.3 Å². The van der Waals surface area contributed by atoms with Gasteiger partial charge in [0.25, 0.3) is 0 Å².